The average Bonchev–Trinajstić information content (AvgIpc) is 3.57. The van der Waals surface area contributed by atoms with Crippen LogP contribution in [0.4, 0.5) is 0 Å². The van der Waals surface area contributed by atoms with Crippen LogP contribution < -0.4 is 0 Å². The van der Waals surface area contributed by atoms with Gasteiger partial charge in [-0.05, 0) is 0 Å². The molecule has 50 heavy (non-hydrogen) atoms. The van der Waals surface area contributed by atoms with E-state index in [1.807, 2.05) is 3.28 Å². The van der Waals surface area contributed by atoms with E-state index in [1.165, 1.54) is 18.4 Å². The van der Waals surface area contributed by atoms with Crippen LogP contribution in [-0.2, 0) is 21.3 Å². The quantitative estimate of drug-likeness (QED) is 0.282. The van der Waals surface area contributed by atoms with Crippen molar-refractivity contribution in [2.24, 2.45) is 55.2 Å². The van der Waals surface area contributed by atoms with Crippen LogP contribution in [0, 0.1) is 55.2 Å². The third kappa shape index (κ3) is 4.01. The summed E-state index contributed by atoms with van der Waals surface area (Å²) in [5.74, 6) is 0.993. The monoisotopic (exact) mass is 742 g/mol. The molecule has 0 aromatic heterocycles. The zero-order valence-corrected chi connectivity index (χ0v) is 36.0. The third-order valence-corrected chi connectivity index (χ3v) is 26.6. The first-order valence-electron chi connectivity index (χ1n) is 19.7. The summed E-state index contributed by atoms with van der Waals surface area (Å²) in [5, 5.41) is 0. The van der Waals surface area contributed by atoms with Crippen LogP contribution in [0.5, 0.6) is 0 Å². The number of benzene rings is 1. The van der Waals surface area contributed by atoms with Gasteiger partial charge in [-0.1, -0.05) is 0 Å². The molecule has 2 saturated carbocycles. The van der Waals surface area contributed by atoms with Gasteiger partial charge in [0.1, 0.15) is 0 Å². The van der Waals surface area contributed by atoms with Gasteiger partial charge in [-0.15, -0.1) is 0 Å². The molecule has 0 aliphatic heterocycles. The Hall–Kier alpha value is -2.11. The molecule has 10 unspecified atom stereocenters. The summed E-state index contributed by atoms with van der Waals surface area (Å²) in [6.45, 7) is 33.8. The maximum atomic E-state index is 2.84. The van der Waals surface area contributed by atoms with Gasteiger partial charge in [-0.25, -0.2) is 0 Å². The standard InChI is InChI=1S/C29H37.C12H19.C8H8.Zr/c1-21-14-13-15-22-20-27(6)25(4)18-10-9-16-23(25,2)24(3)17-11-12-19-26(24,5)29(27,8)28(21,22)7;1-5-6-10-7-8-11(9-10)12(2,3)4;1-2-8-6-4-3-5-7-8;/h9-20,22H,1-8H3;8-10H,5-6H2,1-4H3;3-7H,1H3;. The van der Waals surface area contributed by atoms with E-state index >= 15 is 0 Å². The molecule has 10 atom stereocenters. The Balaban J connectivity index is 1.66. The van der Waals surface area contributed by atoms with Gasteiger partial charge in [0.2, 0.25) is 0 Å². The third-order valence-electron chi connectivity index (χ3n) is 17.3. The number of hydrogen-bond acceptors (Lipinski definition) is 0. The summed E-state index contributed by atoms with van der Waals surface area (Å²) in [6, 6.07) is 11.6. The molecule has 2 fully saturated rings. The van der Waals surface area contributed by atoms with E-state index in [2.05, 4.69) is 199 Å². The molecule has 0 radical (unpaired) electrons. The summed E-state index contributed by atoms with van der Waals surface area (Å²) in [7, 11) is 0. The molecule has 0 bridgehead atoms. The van der Waals surface area contributed by atoms with Crippen molar-refractivity contribution >= 4 is 3.21 Å². The Kier molecular flexibility index (Phi) is 8.30. The van der Waals surface area contributed by atoms with Crippen molar-refractivity contribution in [1.82, 2.24) is 0 Å². The van der Waals surface area contributed by atoms with E-state index in [4.69, 9.17) is 0 Å². The van der Waals surface area contributed by atoms with Crippen molar-refractivity contribution in [3.8, 4) is 0 Å². The molecular formula is C49H64Zr. The second kappa shape index (κ2) is 11.4. The van der Waals surface area contributed by atoms with Crippen LogP contribution in [0.15, 0.2) is 124 Å². The zero-order valence-electron chi connectivity index (χ0n) is 33.5. The Morgan fingerprint density at radius 1 is 0.760 bits per heavy atom. The molecule has 0 saturated heterocycles. The first kappa shape index (κ1) is 36.3. The summed E-state index contributed by atoms with van der Waals surface area (Å²) in [5.41, 5.74) is 4.30. The van der Waals surface area contributed by atoms with Crippen LogP contribution in [0.3, 0.4) is 0 Å². The average molecular weight is 744 g/mol. The number of hydrogen-bond donors (Lipinski definition) is 0. The van der Waals surface area contributed by atoms with Crippen molar-refractivity contribution < 1.29 is 21.3 Å². The predicted molar refractivity (Wildman–Crippen MR) is 214 cm³/mol. The summed E-state index contributed by atoms with van der Waals surface area (Å²) in [6.07, 6.45) is 35.9. The Morgan fingerprint density at radius 3 is 1.90 bits per heavy atom. The fourth-order valence-corrected chi connectivity index (χ4v) is 25.0. The molecule has 6 aliphatic rings. The molecule has 7 rings (SSSR count). The van der Waals surface area contributed by atoms with E-state index in [9.17, 15) is 0 Å². The second-order valence-electron chi connectivity index (χ2n) is 19.3. The molecule has 0 N–H and O–H groups in total. The van der Waals surface area contributed by atoms with E-state index < -0.39 is 21.3 Å². The minimum absolute atomic E-state index is 0.0193. The van der Waals surface area contributed by atoms with E-state index in [-0.39, 0.29) is 43.3 Å². The van der Waals surface area contributed by atoms with Gasteiger partial charge in [0.25, 0.3) is 0 Å². The van der Waals surface area contributed by atoms with E-state index in [0.29, 0.717) is 15.5 Å². The van der Waals surface area contributed by atoms with Crippen molar-refractivity contribution in [2.45, 2.75) is 106 Å². The van der Waals surface area contributed by atoms with Crippen LogP contribution in [0.1, 0.15) is 108 Å². The Morgan fingerprint density at radius 2 is 1.32 bits per heavy atom. The molecule has 1 aromatic rings. The fraction of sp³-hybridized carbons (Fsp3) is 0.531. The van der Waals surface area contributed by atoms with Crippen molar-refractivity contribution in [3.63, 3.8) is 0 Å². The number of allylic oxidation sites excluding steroid dienone is 16. The van der Waals surface area contributed by atoms with Gasteiger partial charge in [0.15, 0.2) is 0 Å². The molecule has 264 valence electrons. The van der Waals surface area contributed by atoms with Gasteiger partial charge in [0.05, 0.1) is 0 Å². The van der Waals surface area contributed by atoms with Crippen LogP contribution in [0.2, 0.25) is 3.63 Å². The van der Waals surface area contributed by atoms with Crippen LogP contribution in [0.25, 0.3) is 0 Å². The van der Waals surface area contributed by atoms with Gasteiger partial charge >= 0.3 is 315 Å². The first-order chi connectivity index (χ1) is 23.4. The van der Waals surface area contributed by atoms with Gasteiger partial charge in [-0.2, -0.15) is 0 Å². The zero-order chi connectivity index (χ0) is 36.3. The van der Waals surface area contributed by atoms with Gasteiger partial charge < -0.3 is 0 Å². The fourth-order valence-electron chi connectivity index (χ4n) is 13.6. The minimum atomic E-state index is -2.85. The topological polar surface area (TPSA) is 0 Å². The molecule has 1 heteroatoms. The van der Waals surface area contributed by atoms with Crippen LogP contribution in [-0.4, -0.2) is 3.21 Å². The number of rotatable bonds is 5. The van der Waals surface area contributed by atoms with Gasteiger partial charge in [0, 0.05) is 0 Å². The predicted octanol–water partition coefficient (Wildman–Crippen LogP) is 13.4. The Bertz CT molecular complexity index is 1880. The van der Waals surface area contributed by atoms with Crippen LogP contribution >= 0.6 is 0 Å². The summed E-state index contributed by atoms with van der Waals surface area (Å²) in [4.78, 5) is 0. The molecule has 0 nitrogen and oxygen atoms in total. The maximum absolute atomic E-state index is 2.85. The summed E-state index contributed by atoms with van der Waals surface area (Å²) < 4.78 is 4.15. The normalized spacial score (nSPS) is 44.5. The van der Waals surface area contributed by atoms with Crippen molar-refractivity contribution in [1.29, 1.82) is 0 Å². The molecule has 0 spiro atoms. The Labute approximate surface area is 313 Å². The molecule has 1 aromatic carbocycles. The SMILES string of the molecule is CCCC1C=C(C(C)(C)C)C=[C]1[Zr](=[C](C)c1ccccc1)[CH]1C2C=CC=C(C)C2(C)C2(C)C3(C)C=CC=CC3(C)C3(C)C=CC=CC3(C)C12C. The molecule has 0 amide bonds. The second-order valence-corrected chi connectivity index (χ2v) is 26.1. The molecule has 6 aliphatic carbocycles. The number of fused-ring (bicyclic) bond motifs is 8. The van der Waals surface area contributed by atoms with Crippen molar-refractivity contribution in [3.05, 3.63) is 129 Å². The van der Waals surface area contributed by atoms with Gasteiger partial charge in [-0.3, -0.25) is 0 Å². The van der Waals surface area contributed by atoms with E-state index in [1.54, 1.807) is 14.4 Å². The van der Waals surface area contributed by atoms with Crippen molar-refractivity contribution in [2.75, 3.05) is 0 Å². The summed E-state index contributed by atoms with van der Waals surface area (Å²) >= 11 is -2.85. The first-order valence-corrected chi connectivity index (χ1v) is 23.5. The molecule has 0 heterocycles. The van der Waals surface area contributed by atoms with E-state index in [0.717, 1.165) is 0 Å². The molecular weight excluding hydrogens is 680 g/mol.